The number of oxime groups is 1. The first-order valence-corrected chi connectivity index (χ1v) is 7.43. The van der Waals surface area contributed by atoms with Crippen molar-refractivity contribution in [2.45, 2.75) is 0 Å². The summed E-state index contributed by atoms with van der Waals surface area (Å²) in [5.74, 6) is 0.622. The summed E-state index contributed by atoms with van der Waals surface area (Å²) in [7, 11) is 3.02. The Labute approximate surface area is 145 Å². The molecule has 0 saturated heterocycles. The maximum Gasteiger partial charge on any atom is 0.265 e. The summed E-state index contributed by atoms with van der Waals surface area (Å²) in [5, 5.41) is 6.83. The van der Waals surface area contributed by atoms with E-state index >= 15 is 0 Å². The Morgan fingerprint density at radius 2 is 1.96 bits per heavy atom. The van der Waals surface area contributed by atoms with Gasteiger partial charge in [-0.15, -0.1) is 0 Å². The molecule has 2 aromatic carbocycles. The van der Waals surface area contributed by atoms with Crippen molar-refractivity contribution in [3.8, 4) is 11.5 Å². The number of hydrogen-bond acceptors (Lipinski definition) is 5. The van der Waals surface area contributed by atoms with Gasteiger partial charge in [-0.3, -0.25) is 4.79 Å². The molecule has 0 aliphatic rings. The summed E-state index contributed by atoms with van der Waals surface area (Å²) in [6.07, 6.45) is 1.43. The number of halogens is 1. The minimum atomic E-state index is -0.302. The Morgan fingerprint density at radius 3 is 2.62 bits per heavy atom. The molecule has 1 N–H and O–H groups in total. The summed E-state index contributed by atoms with van der Waals surface area (Å²) < 4.78 is 10.3. The van der Waals surface area contributed by atoms with Gasteiger partial charge >= 0.3 is 0 Å². The third kappa shape index (κ3) is 4.89. The fourth-order valence-corrected chi connectivity index (χ4v) is 2.22. The molecule has 0 saturated carbocycles. The van der Waals surface area contributed by atoms with Gasteiger partial charge in [0, 0.05) is 11.3 Å². The predicted molar refractivity (Wildman–Crippen MR) is 93.2 cm³/mol. The second kappa shape index (κ2) is 8.79. The monoisotopic (exact) mass is 348 g/mol. The van der Waals surface area contributed by atoms with Crippen LogP contribution in [0.3, 0.4) is 0 Å². The molecule has 0 aliphatic heterocycles. The van der Waals surface area contributed by atoms with Crippen LogP contribution in [0.1, 0.15) is 5.56 Å². The molecule has 0 heterocycles. The highest BCUT2D eigenvalue weighted by Gasteiger charge is 2.10. The first-order chi connectivity index (χ1) is 11.6. The molecule has 0 atom stereocenters. The van der Waals surface area contributed by atoms with Crippen molar-refractivity contribution >= 4 is 29.4 Å². The van der Waals surface area contributed by atoms with Gasteiger partial charge in [0.25, 0.3) is 5.91 Å². The predicted octanol–water partition coefficient (Wildman–Crippen LogP) is 3.35. The third-order valence-corrected chi connectivity index (χ3v) is 3.27. The zero-order chi connectivity index (χ0) is 17.4. The molecule has 0 aromatic heterocycles. The number of rotatable bonds is 7. The Balaban J connectivity index is 1.90. The standard InChI is InChI=1S/C17H17ClN2O4/c1-22-15-9-12(8-14(18)17(15)23-2)10-19-24-11-16(21)20-13-6-4-3-5-7-13/h3-10H,11H2,1-2H3,(H,20,21). The number of carbonyl (C=O) groups is 1. The average Bonchev–Trinajstić information content (AvgIpc) is 2.59. The molecule has 2 aromatic rings. The number of benzene rings is 2. The number of nitrogens with zero attached hydrogens (tertiary/aromatic N) is 1. The third-order valence-electron chi connectivity index (χ3n) is 2.99. The van der Waals surface area contributed by atoms with Gasteiger partial charge < -0.3 is 19.6 Å². The number of para-hydroxylation sites is 1. The topological polar surface area (TPSA) is 69.2 Å². The molecule has 7 heteroatoms. The Kier molecular flexibility index (Phi) is 6.45. The van der Waals surface area contributed by atoms with Crippen molar-refractivity contribution in [2.75, 3.05) is 26.1 Å². The van der Waals surface area contributed by atoms with Crippen LogP contribution in [0.5, 0.6) is 11.5 Å². The van der Waals surface area contributed by atoms with E-state index in [1.807, 2.05) is 18.2 Å². The Morgan fingerprint density at radius 1 is 1.21 bits per heavy atom. The van der Waals surface area contributed by atoms with Gasteiger partial charge in [-0.05, 0) is 24.3 Å². The lowest BCUT2D eigenvalue weighted by molar-refractivity contribution is -0.120. The van der Waals surface area contributed by atoms with Crippen molar-refractivity contribution < 1.29 is 19.1 Å². The molecule has 0 radical (unpaired) electrons. The lowest BCUT2D eigenvalue weighted by Crippen LogP contribution is -2.16. The van der Waals surface area contributed by atoms with Crippen molar-refractivity contribution in [2.24, 2.45) is 5.16 Å². The van der Waals surface area contributed by atoms with E-state index in [9.17, 15) is 4.79 Å². The summed E-state index contributed by atoms with van der Waals surface area (Å²) in [6.45, 7) is -0.202. The molecule has 0 unspecified atom stereocenters. The summed E-state index contributed by atoms with van der Waals surface area (Å²) in [6, 6.07) is 12.4. The first-order valence-electron chi connectivity index (χ1n) is 7.05. The molecule has 24 heavy (non-hydrogen) atoms. The van der Waals surface area contributed by atoms with Gasteiger partial charge in [0.05, 0.1) is 25.5 Å². The molecule has 6 nitrogen and oxygen atoms in total. The van der Waals surface area contributed by atoms with Crippen LogP contribution in [0.4, 0.5) is 5.69 Å². The molecule has 2 rings (SSSR count). The van der Waals surface area contributed by atoms with E-state index in [-0.39, 0.29) is 12.5 Å². The molecule has 0 spiro atoms. The largest absolute Gasteiger partial charge is 0.493 e. The van der Waals surface area contributed by atoms with Gasteiger partial charge in [-0.2, -0.15) is 0 Å². The van der Waals surface area contributed by atoms with E-state index in [0.717, 1.165) is 0 Å². The number of nitrogens with one attached hydrogen (secondary N) is 1. The minimum absolute atomic E-state index is 0.202. The molecule has 126 valence electrons. The number of amides is 1. The number of methoxy groups -OCH3 is 2. The zero-order valence-corrected chi connectivity index (χ0v) is 14.0. The van der Waals surface area contributed by atoms with Crippen LogP contribution in [-0.2, 0) is 9.63 Å². The van der Waals surface area contributed by atoms with Gasteiger partial charge in [0.1, 0.15) is 0 Å². The second-order valence-corrected chi connectivity index (χ2v) is 5.07. The Hall–Kier alpha value is -2.73. The van der Waals surface area contributed by atoms with Gasteiger partial charge in [-0.25, -0.2) is 0 Å². The molecule has 0 bridgehead atoms. The van der Waals surface area contributed by atoms with Crippen LogP contribution >= 0.6 is 11.6 Å². The quantitative estimate of drug-likeness (QED) is 0.615. The minimum Gasteiger partial charge on any atom is -0.493 e. The highest BCUT2D eigenvalue weighted by Crippen LogP contribution is 2.35. The van der Waals surface area contributed by atoms with E-state index in [0.29, 0.717) is 27.8 Å². The van der Waals surface area contributed by atoms with E-state index < -0.39 is 0 Å². The van der Waals surface area contributed by atoms with Crippen molar-refractivity contribution in [1.82, 2.24) is 0 Å². The van der Waals surface area contributed by atoms with Gasteiger partial charge in [-0.1, -0.05) is 35.0 Å². The maximum atomic E-state index is 11.7. The van der Waals surface area contributed by atoms with Crippen molar-refractivity contribution in [3.63, 3.8) is 0 Å². The van der Waals surface area contributed by atoms with Gasteiger partial charge in [0.2, 0.25) is 0 Å². The molecule has 0 fully saturated rings. The maximum absolute atomic E-state index is 11.7. The summed E-state index contributed by atoms with van der Waals surface area (Å²) in [5.41, 5.74) is 1.35. The molecule has 0 aliphatic carbocycles. The van der Waals surface area contributed by atoms with Crippen LogP contribution in [0, 0.1) is 0 Å². The number of carbonyl (C=O) groups excluding carboxylic acids is 1. The summed E-state index contributed by atoms with van der Waals surface area (Å²) in [4.78, 5) is 16.7. The van der Waals surface area contributed by atoms with E-state index in [4.69, 9.17) is 25.9 Å². The van der Waals surface area contributed by atoms with Crippen LogP contribution in [0.2, 0.25) is 5.02 Å². The molecular formula is C17H17ClN2O4. The van der Waals surface area contributed by atoms with E-state index in [1.165, 1.54) is 20.4 Å². The van der Waals surface area contributed by atoms with Crippen molar-refractivity contribution in [3.05, 3.63) is 53.1 Å². The normalized spacial score (nSPS) is 10.5. The van der Waals surface area contributed by atoms with E-state index in [1.54, 1.807) is 24.3 Å². The lowest BCUT2D eigenvalue weighted by Gasteiger charge is -2.09. The fourth-order valence-electron chi connectivity index (χ4n) is 1.92. The van der Waals surface area contributed by atoms with Crippen LogP contribution < -0.4 is 14.8 Å². The molecular weight excluding hydrogens is 332 g/mol. The zero-order valence-electron chi connectivity index (χ0n) is 13.3. The highest BCUT2D eigenvalue weighted by molar-refractivity contribution is 6.32. The van der Waals surface area contributed by atoms with E-state index in [2.05, 4.69) is 10.5 Å². The lowest BCUT2D eigenvalue weighted by atomic mass is 10.2. The van der Waals surface area contributed by atoms with Crippen LogP contribution in [0.15, 0.2) is 47.6 Å². The van der Waals surface area contributed by atoms with Gasteiger partial charge in [0.15, 0.2) is 18.1 Å². The SMILES string of the molecule is COc1cc(C=NOCC(=O)Nc2ccccc2)cc(Cl)c1OC. The molecule has 1 amide bonds. The van der Waals surface area contributed by atoms with Crippen LogP contribution in [0.25, 0.3) is 0 Å². The number of ether oxygens (including phenoxy) is 2. The Bertz CT molecular complexity index is 720. The van der Waals surface area contributed by atoms with Crippen molar-refractivity contribution in [1.29, 1.82) is 0 Å². The summed E-state index contributed by atoms with van der Waals surface area (Å²) >= 11 is 6.10. The second-order valence-electron chi connectivity index (χ2n) is 4.66. The first kappa shape index (κ1) is 17.6. The highest BCUT2D eigenvalue weighted by atomic mass is 35.5. The van der Waals surface area contributed by atoms with Crippen LogP contribution in [-0.4, -0.2) is 32.9 Å². The number of hydrogen-bond donors (Lipinski definition) is 1. The smallest absolute Gasteiger partial charge is 0.265 e. The average molecular weight is 349 g/mol. The fraction of sp³-hybridized carbons (Fsp3) is 0.176. The number of anilines is 1.